The van der Waals surface area contributed by atoms with E-state index in [1.54, 1.807) is 11.8 Å². The Hall–Kier alpha value is -0.960. The van der Waals surface area contributed by atoms with Gasteiger partial charge in [-0.25, -0.2) is 13.2 Å². The summed E-state index contributed by atoms with van der Waals surface area (Å²) in [5, 5.41) is 11.7. The Bertz CT molecular complexity index is 480. The van der Waals surface area contributed by atoms with E-state index in [4.69, 9.17) is 5.11 Å². The van der Waals surface area contributed by atoms with E-state index in [0.717, 1.165) is 17.1 Å². The summed E-state index contributed by atoms with van der Waals surface area (Å²) in [7, 11) is -3.17. The summed E-state index contributed by atoms with van der Waals surface area (Å²) in [6, 6.07) is -1.15. The van der Waals surface area contributed by atoms with E-state index in [1.165, 1.54) is 0 Å². The summed E-state index contributed by atoms with van der Waals surface area (Å²) in [4.78, 5) is 24.2. The van der Waals surface area contributed by atoms with E-state index in [9.17, 15) is 18.0 Å². The van der Waals surface area contributed by atoms with E-state index < -0.39 is 34.4 Å². The minimum atomic E-state index is -3.17. The minimum absolute atomic E-state index is 0.00307. The predicted octanol–water partition coefficient (Wildman–Crippen LogP) is 0.411. The minimum Gasteiger partial charge on any atom is -0.480 e. The second kappa shape index (κ2) is 7.88. The molecule has 0 aliphatic carbocycles. The maximum atomic E-state index is 12.2. The molecule has 1 aliphatic heterocycles. The molecular formula is C12H22N2O5S2. The molecule has 9 heteroatoms. The number of nitrogens with zero attached hydrogens (tertiary/aromatic N) is 1. The van der Waals surface area contributed by atoms with E-state index in [0.29, 0.717) is 6.42 Å². The van der Waals surface area contributed by atoms with Gasteiger partial charge in [-0.15, -0.1) is 0 Å². The maximum absolute atomic E-state index is 12.2. The maximum Gasteiger partial charge on any atom is 0.323 e. The molecule has 7 nitrogen and oxygen atoms in total. The smallest absolute Gasteiger partial charge is 0.323 e. The number of urea groups is 1. The number of carboxylic acids is 1. The number of amides is 2. The van der Waals surface area contributed by atoms with Crippen LogP contribution in [0.1, 0.15) is 19.8 Å². The van der Waals surface area contributed by atoms with Crippen molar-refractivity contribution in [1.82, 2.24) is 10.2 Å². The Kier molecular flexibility index (Phi) is 6.79. The molecule has 2 atom stereocenters. The van der Waals surface area contributed by atoms with Crippen molar-refractivity contribution < 1.29 is 23.1 Å². The summed E-state index contributed by atoms with van der Waals surface area (Å²) in [5.74, 6) is -0.417. The number of nitrogens with one attached hydrogen (secondary N) is 1. The summed E-state index contributed by atoms with van der Waals surface area (Å²) in [6.45, 7) is 1.36. The highest BCUT2D eigenvalue weighted by atomic mass is 32.2. The van der Waals surface area contributed by atoms with E-state index in [-0.39, 0.29) is 17.5 Å². The third kappa shape index (κ3) is 6.13. The van der Waals surface area contributed by atoms with Gasteiger partial charge in [0.25, 0.3) is 0 Å². The van der Waals surface area contributed by atoms with Gasteiger partial charge >= 0.3 is 12.0 Å². The Labute approximate surface area is 129 Å². The van der Waals surface area contributed by atoms with Gasteiger partial charge < -0.3 is 15.3 Å². The molecule has 0 bridgehead atoms. The zero-order valence-corrected chi connectivity index (χ0v) is 13.9. The topological polar surface area (TPSA) is 104 Å². The molecule has 1 aliphatic rings. The number of hydrogen-bond donors (Lipinski definition) is 2. The van der Waals surface area contributed by atoms with Crippen LogP contribution in [0.2, 0.25) is 0 Å². The van der Waals surface area contributed by atoms with E-state index in [2.05, 4.69) is 5.32 Å². The first kappa shape index (κ1) is 18.1. The van der Waals surface area contributed by atoms with Crippen molar-refractivity contribution >= 4 is 33.6 Å². The van der Waals surface area contributed by atoms with Crippen molar-refractivity contribution in [2.75, 3.05) is 30.1 Å². The first-order valence-corrected chi connectivity index (χ1v) is 9.95. The van der Waals surface area contributed by atoms with Crippen LogP contribution >= 0.6 is 11.8 Å². The molecular weight excluding hydrogens is 316 g/mol. The van der Waals surface area contributed by atoms with Crippen LogP contribution in [0, 0.1) is 0 Å². The zero-order chi connectivity index (χ0) is 16.0. The average Bonchev–Trinajstić information content (AvgIpc) is 2.73. The first-order chi connectivity index (χ1) is 9.75. The van der Waals surface area contributed by atoms with Gasteiger partial charge in [0.05, 0.1) is 11.5 Å². The summed E-state index contributed by atoms with van der Waals surface area (Å²) < 4.78 is 23.0. The predicted molar refractivity (Wildman–Crippen MR) is 82.4 cm³/mol. The van der Waals surface area contributed by atoms with Crippen LogP contribution in [0.3, 0.4) is 0 Å². The second-order valence-corrected chi connectivity index (χ2v) is 8.42. The lowest BCUT2D eigenvalue weighted by Gasteiger charge is -2.28. The fourth-order valence-electron chi connectivity index (χ4n) is 2.19. The first-order valence-electron chi connectivity index (χ1n) is 6.73. The molecule has 2 N–H and O–H groups in total. The fourth-order valence-corrected chi connectivity index (χ4v) is 4.51. The van der Waals surface area contributed by atoms with Gasteiger partial charge in [0.1, 0.15) is 6.54 Å². The summed E-state index contributed by atoms with van der Waals surface area (Å²) >= 11 is 1.66. The van der Waals surface area contributed by atoms with Crippen molar-refractivity contribution in [1.29, 1.82) is 0 Å². The molecule has 2 amide bonds. The Morgan fingerprint density at radius 3 is 2.62 bits per heavy atom. The summed E-state index contributed by atoms with van der Waals surface area (Å²) in [6.07, 6.45) is 3.04. The summed E-state index contributed by atoms with van der Waals surface area (Å²) in [5.41, 5.74) is 0. The van der Waals surface area contributed by atoms with Gasteiger partial charge in [-0.05, 0) is 31.8 Å². The van der Waals surface area contributed by atoms with Crippen molar-refractivity contribution in [2.24, 2.45) is 0 Å². The quantitative estimate of drug-likeness (QED) is 0.697. The molecule has 2 unspecified atom stereocenters. The molecule has 0 aromatic rings. The average molecular weight is 338 g/mol. The Morgan fingerprint density at radius 1 is 1.48 bits per heavy atom. The van der Waals surface area contributed by atoms with E-state index >= 15 is 0 Å². The number of rotatable bonds is 7. The SMILES string of the molecule is CSCCC(C)NC(=O)N(CC(=O)O)C1CCS(=O)(=O)C1. The van der Waals surface area contributed by atoms with Crippen LogP contribution in [0.5, 0.6) is 0 Å². The normalized spacial score (nSPS) is 21.7. The molecule has 1 fully saturated rings. The van der Waals surface area contributed by atoms with Crippen LogP contribution < -0.4 is 5.32 Å². The molecule has 0 spiro atoms. The highest BCUT2D eigenvalue weighted by molar-refractivity contribution is 7.98. The van der Waals surface area contributed by atoms with Gasteiger partial charge in [-0.1, -0.05) is 0 Å². The van der Waals surface area contributed by atoms with Gasteiger partial charge in [-0.2, -0.15) is 11.8 Å². The third-order valence-electron chi connectivity index (χ3n) is 3.34. The fraction of sp³-hybridized carbons (Fsp3) is 0.833. The van der Waals surface area contributed by atoms with Gasteiger partial charge in [0.2, 0.25) is 0 Å². The molecule has 122 valence electrons. The van der Waals surface area contributed by atoms with Crippen molar-refractivity contribution in [3.8, 4) is 0 Å². The van der Waals surface area contributed by atoms with Gasteiger partial charge in [0.15, 0.2) is 9.84 Å². The number of sulfone groups is 1. The van der Waals surface area contributed by atoms with Gasteiger partial charge in [0, 0.05) is 12.1 Å². The van der Waals surface area contributed by atoms with Crippen molar-refractivity contribution in [3.05, 3.63) is 0 Å². The Balaban J connectivity index is 2.69. The van der Waals surface area contributed by atoms with Crippen LogP contribution in [-0.4, -0.2) is 72.6 Å². The standard InChI is InChI=1S/C12H22N2O5S2/c1-9(3-5-20-2)13-12(17)14(7-11(15)16)10-4-6-21(18,19)8-10/h9-10H,3-8H2,1-2H3,(H,13,17)(H,15,16). The molecule has 0 aromatic carbocycles. The molecule has 0 saturated carbocycles. The Morgan fingerprint density at radius 2 is 2.14 bits per heavy atom. The highest BCUT2D eigenvalue weighted by Gasteiger charge is 2.35. The van der Waals surface area contributed by atoms with Crippen molar-refractivity contribution in [3.63, 3.8) is 0 Å². The molecule has 0 aromatic heterocycles. The van der Waals surface area contributed by atoms with Crippen LogP contribution in [0.15, 0.2) is 0 Å². The van der Waals surface area contributed by atoms with E-state index in [1.807, 2.05) is 13.2 Å². The number of carbonyl (C=O) groups is 2. The van der Waals surface area contributed by atoms with Gasteiger partial charge in [-0.3, -0.25) is 4.79 Å². The van der Waals surface area contributed by atoms with Crippen LogP contribution in [0.25, 0.3) is 0 Å². The molecule has 1 heterocycles. The van der Waals surface area contributed by atoms with Crippen LogP contribution in [0.4, 0.5) is 4.79 Å². The largest absolute Gasteiger partial charge is 0.480 e. The molecule has 1 saturated heterocycles. The second-order valence-electron chi connectivity index (χ2n) is 5.21. The monoisotopic (exact) mass is 338 g/mol. The molecule has 21 heavy (non-hydrogen) atoms. The van der Waals surface area contributed by atoms with Crippen LogP contribution in [-0.2, 0) is 14.6 Å². The number of hydrogen-bond acceptors (Lipinski definition) is 5. The zero-order valence-electron chi connectivity index (χ0n) is 12.2. The number of carbonyl (C=O) groups excluding carboxylic acids is 1. The lowest BCUT2D eigenvalue weighted by Crippen LogP contribution is -2.51. The van der Waals surface area contributed by atoms with Crippen molar-refractivity contribution in [2.45, 2.75) is 31.8 Å². The highest BCUT2D eigenvalue weighted by Crippen LogP contribution is 2.18. The third-order valence-corrected chi connectivity index (χ3v) is 5.73. The number of thioether (sulfide) groups is 1. The lowest BCUT2D eigenvalue weighted by atomic mass is 10.2. The molecule has 0 radical (unpaired) electrons. The number of carboxylic acid groups (broad SMARTS) is 1. The lowest BCUT2D eigenvalue weighted by molar-refractivity contribution is -0.138. The number of aliphatic carboxylic acids is 1. The molecule has 1 rings (SSSR count).